The van der Waals surface area contributed by atoms with Crippen molar-refractivity contribution < 1.29 is 9.90 Å². The lowest BCUT2D eigenvalue weighted by Gasteiger charge is -2.31. The van der Waals surface area contributed by atoms with Gasteiger partial charge in [-0.05, 0) is 41.5 Å². The molecular formula is C19H23N3O2. The minimum atomic E-state index is -0.0253. The lowest BCUT2D eigenvalue weighted by Crippen LogP contribution is -2.44. The molecule has 5 nitrogen and oxygen atoms in total. The van der Waals surface area contributed by atoms with E-state index in [9.17, 15) is 4.79 Å². The Kier molecular flexibility index (Phi) is 5.43. The molecule has 5 heteroatoms. The Morgan fingerprint density at radius 3 is 2.54 bits per heavy atom. The van der Waals surface area contributed by atoms with E-state index in [1.165, 1.54) is 0 Å². The maximum Gasteiger partial charge on any atom is 0.317 e. The van der Waals surface area contributed by atoms with Crippen LogP contribution in [-0.4, -0.2) is 40.7 Å². The summed E-state index contributed by atoms with van der Waals surface area (Å²) in [7, 11) is 0. The maximum atomic E-state index is 12.2. The molecule has 1 aromatic carbocycles. The van der Waals surface area contributed by atoms with E-state index >= 15 is 0 Å². The van der Waals surface area contributed by atoms with Crippen LogP contribution in [0.15, 0.2) is 48.8 Å². The molecule has 0 radical (unpaired) electrons. The Hall–Kier alpha value is -2.40. The van der Waals surface area contributed by atoms with Crippen molar-refractivity contribution in [1.82, 2.24) is 15.2 Å². The van der Waals surface area contributed by atoms with E-state index in [2.05, 4.69) is 10.3 Å². The second-order valence-electron chi connectivity index (χ2n) is 6.21. The summed E-state index contributed by atoms with van der Waals surface area (Å²) in [6.07, 6.45) is 5.36. The van der Waals surface area contributed by atoms with Crippen LogP contribution in [-0.2, 0) is 6.54 Å². The van der Waals surface area contributed by atoms with Gasteiger partial charge in [-0.2, -0.15) is 0 Å². The summed E-state index contributed by atoms with van der Waals surface area (Å²) in [5, 5.41) is 12.1. The van der Waals surface area contributed by atoms with E-state index in [0.717, 1.165) is 42.6 Å². The van der Waals surface area contributed by atoms with Gasteiger partial charge in [0, 0.05) is 38.6 Å². The summed E-state index contributed by atoms with van der Waals surface area (Å²) < 4.78 is 0. The first-order valence-corrected chi connectivity index (χ1v) is 8.39. The number of aliphatic hydroxyl groups excluding tert-OH is 1. The summed E-state index contributed by atoms with van der Waals surface area (Å²) >= 11 is 0. The van der Waals surface area contributed by atoms with Crippen LogP contribution in [0.25, 0.3) is 11.1 Å². The predicted octanol–water partition coefficient (Wildman–Crippen LogP) is 2.66. The molecular weight excluding hydrogens is 302 g/mol. The molecule has 0 spiro atoms. The first-order chi connectivity index (χ1) is 11.8. The highest BCUT2D eigenvalue weighted by Gasteiger charge is 2.21. The molecule has 1 aliphatic rings. The second kappa shape index (κ2) is 7.93. The van der Waals surface area contributed by atoms with Crippen molar-refractivity contribution in [1.29, 1.82) is 0 Å². The van der Waals surface area contributed by atoms with Gasteiger partial charge in [0.05, 0.1) is 0 Å². The molecule has 1 aromatic heterocycles. The third-order valence-corrected chi connectivity index (χ3v) is 4.55. The van der Waals surface area contributed by atoms with Gasteiger partial charge in [0.1, 0.15) is 0 Å². The van der Waals surface area contributed by atoms with Gasteiger partial charge < -0.3 is 15.3 Å². The summed E-state index contributed by atoms with van der Waals surface area (Å²) in [6, 6.07) is 12.1. The average molecular weight is 325 g/mol. The molecule has 1 aliphatic heterocycles. The second-order valence-corrected chi connectivity index (χ2v) is 6.21. The number of piperidine rings is 1. The molecule has 0 unspecified atom stereocenters. The summed E-state index contributed by atoms with van der Waals surface area (Å²) in [6.45, 7) is 2.18. The molecule has 24 heavy (non-hydrogen) atoms. The first kappa shape index (κ1) is 16.5. The van der Waals surface area contributed by atoms with Gasteiger partial charge in [-0.3, -0.25) is 4.98 Å². The van der Waals surface area contributed by atoms with Crippen molar-refractivity contribution in [3.8, 4) is 11.1 Å². The van der Waals surface area contributed by atoms with Crippen molar-refractivity contribution in [3.05, 3.63) is 54.4 Å². The van der Waals surface area contributed by atoms with Crippen LogP contribution >= 0.6 is 0 Å². The topological polar surface area (TPSA) is 65.5 Å². The molecule has 2 heterocycles. The van der Waals surface area contributed by atoms with Crippen LogP contribution in [0, 0.1) is 5.92 Å². The van der Waals surface area contributed by atoms with Gasteiger partial charge in [0.25, 0.3) is 0 Å². The van der Waals surface area contributed by atoms with E-state index in [1.54, 1.807) is 6.20 Å². The van der Waals surface area contributed by atoms with E-state index in [0.29, 0.717) is 12.5 Å². The first-order valence-electron chi connectivity index (χ1n) is 8.39. The van der Waals surface area contributed by atoms with Gasteiger partial charge in [0.15, 0.2) is 0 Å². The van der Waals surface area contributed by atoms with Crippen molar-refractivity contribution >= 4 is 6.03 Å². The highest BCUT2D eigenvalue weighted by atomic mass is 16.3. The zero-order valence-corrected chi connectivity index (χ0v) is 13.7. The van der Waals surface area contributed by atoms with Gasteiger partial charge >= 0.3 is 6.03 Å². The molecule has 0 atom stereocenters. The summed E-state index contributed by atoms with van der Waals surface area (Å²) in [4.78, 5) is 18.2. The summed E-state index contributed by atoms with van der Waals surface area (Å²) in [5.41, 5.74) is 3.27. The number of carbonyl (C=O) groups excluding carboxylic acids is 1. The number of pyridine rings is 1. The molecule has 2 amide bonds. The highest BCUT2D eigenvalue weighted by molar-refractivity contribution is 5.74. The SMILES string of the molecule is O=C(NCc1ccc(-c2cccnc2)cc1)N1CCC(CO)CC1. The number of amides is 2. The fraction of sp³-hybridized carbons (Fsp3) is 0.368. The molecule has 126 valence electrons. The fourth-order valence-electron chi connectivity index (χ4n) is 2.96. The van der Waals surface area contributed by atoms with E-state index < -0.39 is 0 Å². The van der Waals surface area contributed by atoms with E-state index in [4.69, 9.17) is 5.11 Å². The van der Waals surface area contributed by atoms with Crippen LogP contribution < -0.4 is 5.32 Å². The zero-order chi connectivity index (χ0) is 16.8. The number of aromatic nitrogens is 1. The standard InChI is InChI=1S/C19H23N3O2/c23-14-16-7-10-22(11-8-16)19(24)21-12-15-3-5-17(6-4-15)18-2-1-9-20-13-18/h1-6,9,13,16,23H,7-8,10-12,14H2,(H,21,24). The average Bonchev–Trinajstić information content (AvgIpc) is 2.67. The molecule has 3 rings (SSSR count). The highest BCUT2D eigenvalue weighted by Crippen LogP contribution is 2.19. The third-order valence-electron chi connectivity index (χ3n) is 4.55. The largest absolute Gasteiger partial charge is 0.396 e. The number of aliphatic hydroxyl groups is 1. The molecule has 2 N–H and O–H groups in total. The molecule has 0 aliphatic carbocycles. The zero-order valence-electron chi connectivity index (χ0n) is 13.7. The molecule has 0 saturated carbocycles. The quantitative estimate of drug-likeness (QED) is 0.908. The lowest BCUT2D eigenvalue weighted by atomic mass is 9.98. The van der Waals surface area contributed by atoms with E-state index in [-0.39, 0.29) is 12.6 Å². The normalized spacial score (nSPS) is 15.3. The Morgan fingerprint density at radius 2 is 1.92 bits per heavy atom. The van der Waals surface area contributed by atoms with Crippen LogP contribution in [0.3, 0.4) is 0 Å². The van der Waals surface area contributed by atoms with Gasteiger partial charge in [-0.1, -0.05) is 30.3 Å². The van der Waals surface area contributed by atoms with Gasteiger partial charge in [-0.25, -0.2) is 4.79 Å². The maximum absolute atomic E-state index is 12.2. The Balaban J connectivity index is 1.51. The Labute approximate surface area is 142 Å². The fourth-order valence-corrected chi connectivity index (χ4v) is 2.96. The van der Waals surface area contributed by atoms with Crippen LogP contribution in [0.1, 0.15) is 18.4 Å². The van der Waals surface area contributed by atoms with Crippen molar-refractivity contribution in [3.63, 3.8) is 0 Å². The van der Waals surface area contributed by atoms with E-state index in [1.807, 2.05) is 47.5 Å². The van der Waals surface area contributed by atoms with Gasteiger partial charge in [0.2, 0.25) is 0 Å². The molecule has 1 saturated heterocycles. The number of carbonyl (C=O) groups is 1. The molecule has 0 bridgehead atoms. The summed E-state index contributed by atoms with van der Waals surface area (Å²) in [5.74, 6) is 0.342. The van der Waals surface area contributed by atoms with Crippen molar-refractivity contribution in [2.45, 2.75) is 19.4 Å². The Morgan fingerprint density at radius 1 is 1.17 bits per heavy atom. The minimum absolute atomic E-state index is 0.0253. The molecule has 2 aromatic rings. The minimum Gasteiger partial charge on any atom is -0.396 e. The van der Waals surface area contributed by atoms with Crippen LogP contribution in [0.5, 0.6) is 0 Å². The predicted molar refractivity (Wildman–Crippen MR) is 93.3 cm³/mol. The number of benzene rings is 1. The number of rotatable bonds is 4. The number of hydrogen-bond donors (Lipinski definition) is 2. The number of urea groups is 1. The third kappa shape index (κ3) is 4.11. The van der Waals surface area contributed by atoms with Crippen LogP contribution in [0.4, 0.5) is 4.79 Å². The number of nitrogens with one attached hydrogen (secondary N) is 1. The van der Waals surface area contributed by atoms with Crippen molar-refractivity contribution in [2.24, 2.45) is 5.92 Å². The smallest absolute Gasteiger partial charge is 0.317 e. The van der Waals surface area contributed by atoms with Gasteiger partial charge in [-0.15, -0.1) is 0 Å². The lowest BCUT2D eigenvalue weighted by molar-refractivity contribution is 0.137. The molecule has 1 fully saturated rings. The number of likely N-dealkylation sites (tertiary alicyclic amines) is 1. The monoisotopic (exact) mass is 325 g/mol. The van der Waals surface area contributed by atoms with Crippen molar-refractivity contribution in [2.75, 3.05) is 19.7 Å². The van der Waals surface area contributed by atoms with Crippen LogP contribution in [0.2, 0.25) is 0 Å². The number of nitrogens with zero attached hydrogens (tertiary/aromatic N) is 2. The Bertz CT molecular complexity index is 650. The number of hydrogen-bond acceptors (Lipinski definition) is 3.